The van der Waals surface area contributed by atoms with Crippen molar-refractivity contribution in [1.82, 2.24) is 0 Å². The van der Waals surface area contributed by atoms with Gasteiger partial charge in [0, 0.05) is 36.4 Å². The highest BCUT2D eigenvalue weighted by Crippen LogP contribution is 2.34. The number of hydrogen-bond donors (Lipinski definition) is 1. The van der Waals surface area contributed by atoms with Crippen LogP contribution < -0.4 is 5.32 Å². The van der Waals surface area contributed by atoms with E-state index in [9.17, 15) is 10.1 Å². The van der Waals surface area contributed by atoms with Crippen LogP contribution in [0.3, 0.4) is 0 Å². The number of nitrogens with one attached hydrogen (secondary N) is 1. The standard InChI is InChI=1S/C18H20N2O3/c1-13-11-16(7-8-17(13)20(21)22)19-12-15-9-10-23-18(15)14-5-3-2-4-6-14/h2-8,11,15,18-19H,9-10,12H2,1H3. The Labute approximate surface area is 135 Å². The van der Waals surface area contributed by atoms with E-state index in [-0.39, 0.29) is 16.7 Å². The number of nitro benzene ring substituents is 1. The fourth-order valence-electron chi connectivity index (χ4n) is 3.07. The first kappa shape index (κ1) is 15.5. The van der Waals surface area contributed by atoms with Crippen LogP contribution in [-0.2, 0) is 4.74 Å². The summed E-state index contributed by atoms with van der Waals surface area (Å²) in [5.74, 6) is 0.396. The van der Waals surface area contributed by atoms with Gasteiger partial charge in [0.05, 0.1) is 11.0 Å². The number of nitrogens with zero attached hydrogens (tertiary/aromatic N) is 1. The molecular formula is C18H20N2O3. The fraction of sp³-hybridized carbons (Fsp3) is 0.333. The average molecular weight is 312 g/mol. The van der Waals surface area contributed by atoms with Crippen LogP contribution >= 0.6 is 0 Å². The molecule has 23 heavy (non-hydrogen) atoms. The lowest BCUT2D eigenvalue weighted by molar-refractivity contribution is -0.385. The third-order valence-electron chi connectivity index (χ3n) is 4.30. The summed E-state index contributed by atoms with van der Waals surface area (Å²) >= 11 is 0. The maximum atomic E-state index is 10.9. The molecule has 0 spiro atoms. The van der Waals surface area contributed by atoms with Gasteiger partial charge in [-0.1, -0.05) is 30.3 Å². The van der Waals surface area contributed by atoms with E-state index in [1.807, 2.05) is 24.3 Å². The zero-order chi connectivity index (χ0) is 16.2. The van der Waals surface area contributed by atoms with Crippen LogP contribution in [0.2, 0.25) is 0 Å². The summed E-state index contributed by atoms with van der Waals surface area (Å²) in [7, 11) is 0. The minimum Gasteiger partial charge on any atom is -0.385 e. The van der Waals surface area contributed by atoms with E-state index in [0.29, 0.717) is 11.5 Å². The Morgan fingerprint density at radius 3 is 2.74 bits per heavy atom. The van der Waals surface area contributed by atoms with Gasteiger partial charge in [-0.3, -0.25) is 10.1 Å². The van der Waals surface area contributed by atoms with Gasteiger partial charge >= 0.3 is 0 Å². The Kier molecular flexibility index (Phi) is 4.57. The summed E-state index contributed by atoms with van der Waals surface area (Å²) in [5.41, 5.74) is 2.94. The molecule has 2 aromatic rings. The lowest BCUT2D eigenvalue weighted by Crippen LogP contribution is -2.18. The Morgan fingerprint density at radius 2 is 2.04 bits per heavy atom. The van der Waals surface area contributed by atoms with Gasteiger partial charge in [0.25, 0.3) is 5.69 Å². The summed E-state index contributed by atoms with van der Waals surface area (Å²) in [6.07, 6.45) is 1.13. The zero-order valence-corrected chi connectivity index (χ0v) is 13.1. The molecule has 0 amide bonds. The van der Waals surface area contributed by atoms with Crippen molar-refractivity contribution in [2.45, 2.75) is 19.4 Å². The summed E-state index contributed by atoms with van der Waals surface area (Å²) in [6, 6.07) is 15.4. The number of hydrogen-bond acceptors (Lipinski definition) is 4. The van der Waals surface area contributed by atoms with Gasteiger partial charge in [-0.15, -0.1) is 0 Å². The van der Waals surface area contributed by atoms with Crippen molar-refractivity contribution >= 4 is 11.4 Å². The first-order valence-corrected chi connectivity index (χ1v) is 7.80. The molecule has 0 radical (unpaired) electrons. The lowest BCUT2D eigenvalue weighted by Gasteiger charge is -2.20. The van der Waals surface area contributed by atoms with Crippen LogP contribution in [0.4, 0.5) is 11.4 Å². The molecule has 1 aliphatic heterocycles. The topological polar surface area (TPSA) is 64.4 Å². The zero-order valence-electron chi connectivity index (χ0n) is 13.1. The van der Waals surface area contributed by atoms with Crippen molar-refractivity contribution in [1.29, 1.82) is 0 Å². The first-order chi connectivity index (χ1) is 11.1. The summed E-state index contributed by atoms with van der Waals surface area (Å²) in [6.45, 7) is 3.32. The molecule has 2 unspecified atom stereocenters. The SMILES string of the molecule is Cc1cc(NCC2CCOC2c2ccccc2)ccc1[N+](=O)[O-]. The molecule has 120 valence electrons. The third-order valence-corrected chi connectivity index (χ3v) is 4.30. The van der Waals surface area contributed by atoms with Crippen LogP contribution in [0.15, 0.2) is 48.5 Å². The minimum absolute atomic E-state index is 0.114. The maximum Gasteiger partial charge on any atom is 0.272 e. The normalized spacial score (nSPS) is 20.4. The van der Waals surface area contributed by atoms with Gasteiger partial charge in [0.1, 0.15) is 0 Å². The molecule has 0 bridgehead atoms. The van der Waals surface area contributed by atoms with Crippen LogP contribution in [-0.4, -0.2) is 18.1 Å². The number of anilines is 1. The molecule has 2 atom stereocenters. The van der Waals surface area contributed by atoms with E-state index in [4.69, 9.17) is 4.74 Å². The van der Waals surface area contributed by atoms with E-state index >= 15 is 0 Å². The average Bonchev–Trinajstić information content (AvgIpc) is 3.02. The Balaban J connectivity index is 1.66. The molecule has 1 heterocycles. The van der Waals surface area contributed by atoms with Gasteiger partial charge in [-0.25, -0.2) is 0 Å². The van der Waals surface area contributed by atoms with Crippen molar-refractivity contribution < 1.29 is 9.66 Å². The van der Waals surface area contributed by atoms with E-state index in [2.05, 4.69) is 17.4 Å². The molecule has 0 aromatic heterocycles. The predicted octanol–water partition coefficient (Wildman–Crippen LogP) is 4.09. The fourth-order valence-corrected chi connectivity index (χ4v) is 3.07. The second-order valence-electron chi connectivity index (χ2n) is 5.89. The number of aryl methyl sites for hydroxylation is 1. The first-order valence-electron chi connectivity index (χ1n) is 7.80. The van der Waals surface area contributed by atoms with Crippen LogP contribution in [0.1, 0.15) is 23.7 Å². The van der Waals surface area contributed by atoms with Gasteiger partial charge in [0.15, 0.2) is 0 Å². The van der Waals surface area contributed by atoms with Crippen molar-refractivity contribution in [3.8, 4) is 0 Å². The third kappa shape index (κ3) is 3.51. The van der Waals surface area contributed by atoms with Gasteiger partial charge in [-0.2, -0.15) is 0 Å². The quantitative estimate of drug-likeness (QED) is 0.667. The monoisotopic (exact) mass is 312 g/mol. The van der Waals surface area contributed by atoms with Gasteiger partial charge in [0.2, 0.25) is 0 Å². The highest BCUT2D eigenvalue weighted by molar-refractivity contribution is 5.53. The maximum absolute atomic E-state index is 10.9. The second-order valence-corrected chi connectivity index (χ2v) is 5.89. The Bertz CT molecular complexity index is 688. The molecule has 5 heteroatoms. The lowest BCUT2D eigenvalue weighted by atomic mass is 9.95. The highest BCUT2D eigenvalue weighted by Gasteiger charge is 2.29. The van der Waals surface area contributed by atoms with Crippen molar-refractivity contribution in [3.63, 3.8) is 0 Å². The van der Waals surface area contributed by atoms with Crippen LogP contribution in [0, 0.1) is 23.0 Å². The molecule has 1 aliphatic rings. The van der Waals surface area contributed by atoms with E-state index in [0.717, 1.165) is 25.3 Å². The second kappa shape index (κ2) is 6.79. The van der Waals surface area contributed by atoms with Gasteiger partial charge < -0.3 is 10.1 Å². The molecule has 1 saturated heterocycles. The van der Waals surface area contributed by atoms with Crippen molar-refractivity contribution in [3.05, 3.63) is 69.8 Å². The molecule has 2 aromatic carbocycles. The predicted molar refractivity (Wildman–Crippen MR) is 89.6 cm³/mol. The molecule has 1 N–H and O–H groups in total. The molecule has 3 rings (SSSR count). The molecule has 0 aliphatic carbocycles. The molecular weight excluding hydrogens is 292 g/mol. The number of ether oxygens (including phenoxy) is 1. The van der Waals surface area contributed by atoms with Crippen molar-refractivity contribution in [2.24, 2.45) is 5.92 Å². The Morgan fingerprint density at radius 1 is 1.26 bits per heavy atom. The molecule has 1 fully saturated rings. The van der Waals surface area contributed by atoms with E-state index < -0.39 is 0 Å². The number of nitro groups is 1. The molecule has 0 saturated carbocycles. The van der Waals surface area contributed by atoms with E-state index in [1.165, 1.54) is 5.56 Å². The highest BCUT2D eigenvalue weighted by atomic mass is 16.6. The molecule has 5 nitrogen and oxygen atoms in total. The largest absolute Gasteiger partial charge is 0.385 e. The Hall–Kier alpha value is -2.40. The van der Waals surface area contributed by atoms with Crippen LogP contribution in [0.25, 0.3) is 0 Å². The minimum atomic E-state index is -0.352. The number of rotatable bonds is 5. The summed E-state index contributed by atoms with van der Waals surface area (Å²) in [4.78, 5) is 10.5. The summed E-state index contributed by atoms with van der Waals surface area (Å²) < 4.78 is 5.89. The van der Waals surface area contributed by atoms with Crippen LogP contribution in [0.5, 0.6) is 0 Å². The smallest absolute Gasteiger partial charge is 0.272 e. The van der Waals surface area contributed by atoms with E-state index in [1.54, 1.807) is 19.1 Å². The number of benzene rings is 2. The summed E-state index contributed by atoms with van der Waals surface area (Å²) in [5, 5.41) is 14.3. The van der Waals surface area contributed by atoms with Gasteiger partial charge in [-0.05, 0) is 31.0 Å². The van der Waals surface area contributed by atoms with Crippen molar-refractivity contribution in [2.75, 3.05) is 18.5 Å².